The van der Waals surface area contributed by atoms with Crippen molar-refractivity contribution in [2.24, 2.45) is 5.92 Å². The Morgan fingerprint density at radius 1 is 1.59 bits per heavy atom. The van der Waals surface area contributed by atoms with E-state index in [0.29, 0.717) is 10.9 Å². The molecule has 1 heterocycles. The smallest absolute Gasteiger partial charge is 0.241 e. The average Bonchev–Trinajstić information content (AvgIpc) is 2.68. The van der Waals surface area contributed by atoms with Crippen LogP contribution in [0.1, 0.15) is 13.3 Å². The second-order valence-electron chi connectivity index (χ2n) is 4.31. The van der Waals surface area contributed by atoms with E-state index < -0.39 is 0 Å². The molecule has 2 unspecified atom stereocenters. The number of halogens is 2. The number of anilines is 1. The van der Waals surface area contributed by atoms with Crippen LogP contribution in [-0.2, 0) is 4.79 Å². The number of benzene rings is 1. The number of amides is 1. The van der Waals surface area contributed by atoms with Gasteiger partial charge in [-0.1, -0.05) is 18.5 Å². The standard InChI is InChI=1S/C12H14ClIN2O/c1-7-4-5-15-11(7)12(17)16-10-3-2-8(13)6-9(10)14/h2-3,6-7,11,15H,4-5H2,1H3,(H,16,17). The SMILES string of the molecule is CC1CCNC1C(=O)Nc1ccc(Cl)cc1I. The highest BCUT2D eigenvalue weighted by atomic mass is 127. The molecule has 17 heavy (non-hydrogen) atoms. The summed E-state index contributed by atoms with van der Waals surface area (Å²) in [5.41, 5.74) is 0.820. The zero-order valence-electron chi connectivity index (χ0n) is 9.47. The molecular weight excluding hydrogens is 351 g/mol. The third-order valence-corrected chi connectivity index (χ3v) is 4.13. The normalized spacial score (nSPS) is 23.7. The van der Waals surface area contributed by atoms with Crippen LogP contribution in [-0.4, -0.2) is 18.5 Å². The summed E-state index contributed by atoms with van der Waals surface area (Å²) in [5, 5.41) is 6.84. The first-order valence-electron chi connectivity index (χ1n) is 5.57. The predicted molar refractivity (Wildman–Crippen MR) is 78.4 cm³/mol. The van der Waals surface area contributed by atoms with Crippen LogP contribution in [0.5, 0.6) is 0 Å². The summed E-state index contributed by atoms with van der Waals surface area (Å²) in [4.78, 5) is 12.1. The van der Waals surface area contributed by atoms with E-state index in [0.717, 1.165) is 22.2 Å². The number of rotatable bonds is 2. The second-order valence-corrected chi connectivity index (χ2v) is 5.91. The molecule has 2 rings (SSSR count). The monoisotopic (exact) mass is 364 g/mol. The lowest BCUT2D eigenvalue weighted by atomic mass is 10.0. The summed E-state index contributed by atoms with van der Waals surface area (Å²) >= 11 is 8.04. The molecule has 1 aliphatic heterocycles. The fourth-order valence-electron chi connectivity index (χ4n) is 1.99. The molecule has 1 aromatic carbocycles. The Morgan fingerprint density at radius 2 is 2.35 bits per heavy atom. The van der Waals surface area contributed by atoms with Gasteiger partial charge in [0, 0.05) is 8.59 Å². The average molecular weight is 365 g/mol. The quantitative estimate of drug-likeness (QED) is 0.792. The fraction of sp³-hybridized carbons (Fsp3) is 0.417. The van der Waals surface area contributed by atoms with Crippen molar-refractivity contribution >= 4 is 45.8 Å². The van der Waals surface area contributed by atoms with E-state index in [4.69, 9.17) is 11.6 Å². The van der Waals surface area contributed by atoms with Gasteiger partial charge in [0.15, 0.2) is 0 Å². The summed E-state index contributed by atoms with van der Waals surface area (Å²) in [5.74, 6) is 0.426. The van der Waals surface area contributed by atoms with Gasteiger partial charge < -0.3 is 10.6 Å². The summed E-state index contributed by atoms with van der Waals surface area (Å²) in [7, 11) is 0. The number of hydrogen-bond donors (Lipinski definition) is 2. The molecule has 5 heteroatoms. The number of carbonyl (C=O) groups is 1. The van der Waals surface area contributed by atoms with Crippen LogP contribution in [0.2, 0.25) is 5.02 Å². The van der Waals surface area contributed by atoms with E-state index in [1.807, 2.05) is 12.1 Å². The zero-order chi connectivity index (χ0) is 12.4. The van der Waals surface area contributed by atoms with Crippen LogP contribution in [0.3, 0.4) is 0 Å². The van der Waals surface area contributed by atoms with Crippen LogP contribution < -0.4 is 10.6 Å². The number of hydrogen-bond acceptors (Lipinski definition) is 2. The minimum atomic E-state index is -0.0820. The Kier molecular flexibility index (Phi) is 4.27. The van der Waals surface area contributed by atoms with Gasteiger partial charge in [0.1, 0.15) is 0 Å². The Balaban J connectivity index is 2.07. The molecule has 1 amide bonds. The van der Waals surface area contributed by atoms with Gasteiger partial charge in [-0.3, -0.25) is 4.79 Å². The molecule has 1 saturated heterocycles. The molecule has 0 aliphatic carbocycles. The van der Waals surface area contributed by atoms with Crippen molar-refractivity contribution in [3.8, 4) is 0 Å². The van der Waals surface area contributed by atoms with E-state index in [1.54, 1.807) is 6.07 Å². The van der Waals surface area contributed by atoms with Crippen molar-refractivity contribution in [1.29, 1.82) is 0 Å². The molecule has 1 aromatic rings. The maximum absolute atomic E-state index is 12.1. The Morgan fingerprint density at radius 3 is 2.94 bits per heavy atom. The summed E-state index contributed by atoms with van der Waals surface area (Å²) in [6.45, 7) is 3.01. The lowest BCUT2D eigenvalue weighted by molar-refractivity contribution is -0.118. The maximum Gasteiger partial charge on any atom is 0.241 e. The van der Waals surface area contributed by atoms with Gasteiger partial charge in [-0.15, -0.1) is 0 Å². The third kappa shape index (κ3) is 3.11. The van der Waals surface area contributed by atoms with Crippen molar-refractivity contribution in [1.82, 2.24) is 5.32 Å². The highest BCUT2D eigenvalue weighted by Gasteiger charge is 2.29. The molecular formula is C12H14ClIN2O. The molecule has 2 N–H and O–H groups in total. The van der Waals surface area contributed by atoms with Crippen molar-refractivity contribution in [3.05, 3.63) is 26.8 Å². The molecule has 0 spiro atoms. The first kappa shape index (κ1) is 13.1. The first-order valence-corrected chi connectivity index (χ1v) is 7.03. The van der Waals surface area contributed by atoms with E-state index in [1.165, 1.54) is 0 Å². The van der Waals surface area contributed by atoms with Crippen molar-refractivity contribution in [3.63, 3.8) is 0 Å². The van der Waals surface area contributed by atoms with Gasteiger partial charge in [-0.25, -0.2) is 0 Å². The molecule has 1 aliphatic rings. The molecule has 0 aromatic heterocycles. The molecule has 0 saturated carbocycles. The Labute approximate surface area is 119 Å². The van der Waals surface area contributed by atoms with Gasteiger partial charge in [-0.2, -0.15) is 0 Å². The van der Waals surface area contributed by atoms with Crippen LogP contribution in [0.15, 0.2) is 18.2 Å². The van der Waals surface area contributed by atoms with Crippen LogP contribution in [0.4, 0.5) is 5.69 Å². The lowest BCUT2D eigenvalue weighted by Crippen LogP contribution is -2.39. The van der Waals surface area contributed by atoms with Crippen LogP contribution in [0.25, 0.3) is 0 Å². The summed E-state index contributed by atoms with van der Waals surface area (Å²) in [6.07, 6.45) is 1.05. The Bertz CT molecular complexity index is 439. The second kappa shape index (κ2) is 5.54. The zero-order valence-corrected chi connectivity index (χ0v) is 12.4. The van der Waals surface area contributed by atoms with Crippen molar-refractivity contribution < 1.29 is 4.79 Å². The minimum Gasteiger partial charge on any atom is -0.324 e. The van der Waals surface area contributed by atoms with Gasteiger partial charge >= 0.3 is 0 Å². The molecule has 0 bridgehead atoms. The topological polar surface area (TPSA) is 41.1 Å². The van der Waals surface area contributed by atoms with Gasteiger partial charge in [0.25, 0.3) is 0 Å². The summed E-state index contributed by atoms with van der Waals surface area (Å²) in [6, 6.07) is 5.37. The number of nitrogens with one attached hydrogen (secondary N) is 2. The van der Waals surface area contributed by atoms with E-state index in [9.17, 15) is 4.79 Å². The molecule has 1 fully saturated rings. The molecule has 92 valence electrons. The van der Waals surface area contributed by atoms with Gasteiger partial charge in [0.2, 0.25) is 5.91 Å². The highest BCUT2D eigenvalue weighted by molar-refractivity contribution is 14.1. The predicted octanol–water partition coefficient (Wildman–Crippen LogP) is 2.88. The van der Waals surface area contributed by atoms with Crippen LogP contribution in [0, 0.1) is 9.49 Å². The molecule has 3 nitrogen and oxygen atoms in total. The molecule has 0 radical (unpaired) electrons. The Hall–Kier alpha value is -0.330. The van der Waals surface area contributed by atoms with Crippen LogP contribution >= 0.6 is 34.2 Å². The van der Waals surface area contributed by atoms with E-state index >= 15 is 0 Å². The highest BCUT2D eigenvalue weighted by Crippen LogP contribution is 2.23. The van der Waals surface area contributed by atoms with Crippen molar-refractivity contribution in [2.45, 2.75) is 19.4 Å². The fourth-order valence-corrected chi connectivity index (χ4v) is 2.99. The van der Waals surface area contributed by atoms with Gasteiger partial charge in [-0.05, 0) is 59.7 Å². The maximum atomic E-state index is 12.1. The first-order chi connectivity index (χ1) is 8.08. The summed E-state index contributed by atoms with van der Waals surface area (Å²) < 4.78 is 0.953. The minimum absolute atomic E-state index is 0.0373. The van der Waals surface area contributed by atoms with Gasteiger partial charge in [0.05, 0.1) is 11.7 Å². The lowest BCUT2D eigenvalue weighted by Gasteiger charge is -2.16. The largest absolute Gasteiger partial charge is 0.324 e. The third-order valence-electron chi connectivity index (χ3n) is 3.00. The van der Waals surface area contributed by atoms with Crippen molar-refractivity contribution in [2.75, 3.05) is 11.9 Å². The number of carbonyl (C=O) groups excluding carboxylic acids is 1. The van der Waals surface area contributed by atoms with E-state index in [-0.39, 0.29) is 11.9 Å². The van der Waals surface area contributed by atoms with E-state index in [2.05, 4.69) is 40.1 Å². The molecule has 2 atom stereocenters.